The second-order valence-corrected chi connectivity index (χ2v) is 4.98. The summed E-state index contributed by atoms with van der Waals surface area (Å²) < 4.78 is 5.74. The van der Waals surface area contributed by atoms with Crippen LogP contribution in [0.15, 0.2) is 54.6 Å². The van der Waals surface area contributed by atoms with Crippen LogP contribution in [0.25, 0.3) is 0 Å². The van der Waals surface area contributed by atoms with Gasteiger partial charge >= 0.3 is 0 Å². The van der Waals surface area contributed by atoms with E-state index in [-0.39, 0.29) is 0 Å². The molecule has 0 aliphatic carbocycles. The van der Waals surface area contributed by atoms with Crippen molar-refractivity contribution >= 4 is 5.69 Å². The van der Waals surface area contributed by atoms with E-state index in [1.54, 1.807) is 0 Å². The molecule has 0 spiro atoms. The molecule has 0 fully saturated rings. The summed E-state index contributed by atoms with van der Waals surface area (Å²) in [6.45, 7) is 4.50. The van der Waals surface area contributed by atoms with Crippen LogP contribution in [0.5, 0.6) is 0 Å². The smallest absolute Gasteiger partial charge is 0.0717 e. The van der Waals surface area contributed by atoms with E-state index < -0.39 is 0 Å². The van der Waals surface area contributed by atoms with Gasteiger partial charge in [0.15, 0.2) is 0 Å². The monoisotopic (exact) mass is 269 g/mol. The third-order valence-corrected chi connectivity index (χ3v) is 3.47. The second kappa shape index (κ2) is 7.71. The molecule has 0 bridgehead atoms. The molecule has 0 saturated carbocycles. The van der Waals surface area contributed by atoms with E-state index in [4.69, 9.17) is 4.74 Å². The van der Waals surface area contributed by atoms with Gasteiger partial charge in [-0.1, -0.05) is 49.4 Å². The number of para-hydroxylation sites is 1. The summed E-state index contributed by atoms with van der Waals surface area (Å²) in [6, 6.07) is 19.0. The summed E-state index contributed by atoms with van der Waals surface area (Å²) in [6.07, 6.45) is 1.09. The minimum Gasteiger partial charge on any atom is -0.375 e. The van der Waals surface area contributed by atoms with Gasteiger partial charge in [-0.15, -0.1) is 0 Å². The number of ether oxygens (including phenoxy) is 1. The highest BCUT2D eigenvalue weighted by molar-refractivity contribution is 5.44. The van der Waals surface area contributed by atoms with Crippen molar-refractivity contribution in [3.05, 3.63) is 65.7 Å². The van der Waals surface area contributed by atoms with Crippen molar-refractivity contribution < 1.29 is 4.74 Å². The van der Waals surface area contributed by atoms with Crippen molar-refractivity contribution in [3.63, 3.8) is 0 Å². The third-order valence-electron chi connectivity index (χ3n) is 3.47. The Morgan fingerprint density at radius 3 is 2.20 bits per heavy atom. The Balaban J connectivity index is 1.70. The Hall–Kier alpha value is -1.80. The predicted molar refractivity (Wildman–Crippen MR) is 85.2 cm³/mol. The highest BCUT2D eigenvalue weighted by Crippen LogP contribution is 2.10. The normalized spacial score (nSPS) is 10.5. The van der Waals surface area contributed by atoms with E-state index in [2.05, 4.69) is 67.4 Å². The molecule has 2 aromatic carbocycles. The Morgan fingerprint density at radius 1 is 0.900 bits per heavy atom. The van der Waals surface area contributed by atoms with Gasteiger partial charge in [0.25, 0.3) is 0 Å². The Kier molecular flexibility index (Phi) is 5.63. The molecule has 20 heavy (non-hydrogen) atoms. The molecule has 106 valence electrons. The van der Waals surface area contributed by atoms with Crippen molar-refractivity contribution in [2.24, 2.45) is 0 Å². The quantitative estimate of drug-likeness (QED) is 0.707. The van der Waals surface area contributed by atoms with Crippen molar-refractivity contribution in [2.45, 2.75) is 20.0 Å². The highest BCUT2D eigenvalue weighted by Gasteiger charge is 1.99. The fourth-order valence-electron chi connectivity index (χ4n) is 2.07. The maximum absolute atomic E-state index is 5.74. The van der Waals surface area contributed by atoms with Gasteiger partial charge in [-0.05, 0) is 29.7 Å². The van der Waals surface area contributed by atoms with Crippen LogP contribution in [0.4, 0.5) is 5.69 Å². The molecule has 0 radical (unpaired) electrons. The van der Waals surface area contributed by atoms with Crippen LogP contribution in [-0.2, 0) is 17.8 Å². The molecular weight excluding hydrogens is 246 g/mol. The van der Waals surface area contributed by atoms with Crippen molar-refractivity contribution in [3.8, 4) is 0 Å². The number of nitrogens with zero attached hydrogens (tertiary/aromatic N) is 1. The van der Waals surface area contributed by atoms with Crippen LogP contribution in [-0.4, -0.2) is 20.2 Å². The molecule has 0 aromatic heterocycles. The van der Waals surface area contributed by atoms with Gasteiger partial charge in [-0.3, -0.25) is 0 Å². The maximum Gasteiger partial charge on any atom is 0.0717 e. The van der Waals surface area contributed by atoms with E-state index >= 15 is 0 Å². The van der Waals surface area contributed by atoms with Gasteiger partial charge in [-0.2, -0.15) is 0 Å². The van der Waals surface area contributed by atoms with E-state index in [9.17, 15) is 0 Å². The maximum atomic E-state index is 5.74. The number of hydrogen-bond donors (Lipinski definition) is 0. The SMILES string of the molecule is CCc1ccc(COCCN(C)c2ccccc2)cc1. The summed E-state index contributed by atoms with van der Waals surface area (Å²) >= 11 is 0. The van der Waals surface area contributed by atoms with Crippen LogP contribution in [0.2, 0.25) is 0 Å². The molecule has 0 N–H and O–H groups in total. The molecule has 0 amide bonds. The summed E-state index contributed by atoms with van der Waals surface area (Å²) in [5.41, 5.74) is 3.84. The van der Waals surface area contributed by atoms with E-state index in [0.717, 1.165) is 19.6 Å². The average molecular weight is 269 g/mol. The zero-order valence-corrected chi connectivity index (χ0v) is 12.4. The van der Waals surface area contributed by atoms with Crippen molar-refractivity contribution in [1.82, 2.24) is 0 Å². The molecule has 2 nitrogen and oxygen atoms in total. The molecule has 0 unspecified atom stereocenters. The molecule has 0 saturated heterocycles. The first kappa shape index (κ1) is 14.6. The van der Waals surface area contributed by atoms with Crippen LogP contribution >= 0.6 is 0 Å². The average Bonchev–Trinajstić information content (AvgIpc) is 2.53. The van der Waals surface area contributed by atoms with Gasteiger partial charge < -0.3 is 9.64 Å². The number of likely N-dealkylation sites (N-methyl/N-ethyl adjacent to an activating group) is 1. The Labute approximate surface area is 122 Å². The molecular formula is C18H23NO. The molecule has 0 aliphatic heterocycles. The number of benzene rings is 2. The molecule has 2 heteroatoms. The predicted octanol–water partition coefficient (Wildman–Crippen LogP) is 3.90. The van der Waals surface area contributed by atoms with Crippen molar-refractivity contribution in [2.75, 3.05) is 25.1 Å². The van der Waals surface area contributed by atoms with Crippen LogP contribution < -0.4 is 4.90 Å². The standard InChI is InChI=1S/C18H23NO/c1-3-16-9-11-17(12-10-16)15-20-14-13-19(2)18-7-5-4-6-8-18/h4-12H,3,13-15H2,1-2H3. The van der Waals surface area contributed by atoms with Crippen LogP contribution in [0.1, 0.15) is 18.1 Å². The lowest BCUT2D eigenvalue weighted by Gasteiger charge is -2.19. The molecule has 0 atom stereocenters. The fraction of sp³-hybridized carbons (Fsp3) is 0.333. The third kappa shape index (κ3) is 4.39. The highest BCUT2D eigenvalue weighted by atomic mass is 16.5. The summed E-state index contributed by atoms with van der Waals surface area (Å²) in [7, 11) is 2.09. The molecule has 0 heterocycles. The lowest BCUT2D eigenvalue weighted by molar-refractivity contribution is 0.127. The summed E-state index contributed by atoms with van der Waals surface area (Å²) in [5.74, 6) is 0. The summed E-state index contributed by atoms with van der Waals surface area (Å²) in [5, 5.41) is 0. The van der Waals surface area contributed by atoms with Crippen LogP contribution in [0, 0.1) is 0 Å². The fourth-order valence-corrected chi connectivity index (χ4v) is 2.07. The largest absolute Gasteiger partial charge is 0.375 e. The zero-order valence-electron chi connectivity index (χ0n) is 12.4. The lowest BCUT2D eigenvalue weighted by atomic mass is 10.1. The van der Waals surface area contributed by atoms with Gasteiger partial charge in [0.2, 0.25) is 0 Å². The van der Waals surface area contributed by atoms with Gasteiger partial charge in [-0.25, -0.2) is 0 Å². The molecule has 2 rings (SSSR count). The first-order valence-electron chi connectivity index (χ1n) is 7.21. The Bertz CT molecular complexity index is 493. The van der Waals surface area contributed by atoms with E-state index in [1.807, 2.05) is 6.07 Å². The number of aryl methyl sites for hydroxylation is 1. The van der Waals surface area contributed by atoms with Gasteiger partial charge in [0, 0.05) is 19.3 Å². The number of rotatable bonds is 7. The summed E-state index contributed by atoms with van der Waals surface area (Å²) in [4.78, 5) is 2.21. The minimum absolute atomic E-state index is 0.687. The van der Waals surface area contributed by atoms with Crippen molar-refractivity contribution in [1.29, 1.82) is 0 Å². The second-order valence-electron chi connectivity index (χ2n) is 4.98. The minimum atomic E-state index is 0.687. The first-order chi connectivity index (χ1) is 9.79. The van der Waals surface area contributed by atoms with Gasteiger partial charge in [0.1, 0.15) is 0 Å². The lowest BCUT2D eigenvalue weighted by Crippen LogP contribution is -2.22. The Morgan fingerprint density at radius 2 is 1.55 bits per heavy atom. The molecule has 2 aromatic rings. The zero-order chi connectivity index (χ0) is 14.2. The van der Waals surface area contributed by atoms with E-state index in [0.29, 0.717) is 6.61 Å². The topological polar surface area (TPSA) is 12.5 Å². The number of anilines is 1. The van der Waals surface area contributed by atoms with Crippen LogP contribution in [0.3, 0.4) is 0 Å². The van der Waals surface area contributed by atoms with E-state index in [1.165, 1.54) is 16.8 Å². The number of hydrogen-bond acceptors (Lipinski definition) is 2. The van der Waals surface area contributed by atoms with Gasteiger partial charge in [0.05, 0.1) is 13.2 Å². The molecule has 0 aliphatic rings. The first-order valence-corrected chi connectivity index (χ1v) is 7.21.